The maximum Gasteiger partial charge on any atom is 0.255 e. The number of rotatable bonds is 4. The lowest BCUT2D eigenvalue weighted by Gasteiger charge is -2.42. The van der Waals surface area contributed by atoms with Crippen molar-refractivity contribution in [2.45, 2.75) is 25.9 Å². The molecule has 1 aromatic rings. The molecule has 3 rings (SSSR count). The molecule has 2 fully saturated rings. The number of hydrogen-bond acceptors (Lipinski definition) is 4. The quantitative estimate of drug-likeness (QED) is 0.805. The standard InChI is InChI=1S/C17H24N4O3/c1-11-4-5-12(17(24)20(11)3)7-18-16(23)13-6-15(22)21(8-13)14-9-19(2)10-14/h4-5,13-14H,6-10H2,1-3H3,(H,18,23). The lowest BCUT2D eigenvalue weighted by molar-refractivity contribution is -0.132. The molecule has 130 valence electrons. The van der Waals surface area contributed by atoms with Crippen LogP contribution in [0.2, 0.25) is 0 Å². The van der Waals surface area contributed by atoms with Gasteiger partial charge in [0.05, 0.1) is 12.0 Å². The zero-order valence-electron chi connectivity index (χ0n) is 14.4. The Morgan fingerprint density at radius 1 is 1.21 bits per heavy atom. The van der Waals surface area contributed by atoms with E-state index in [4.69, 9.17) is 0 Å². The molecule has 0 bridgehead atoms. The Bertz CT molecular complexity index is 721. The van der Waals surface area contributed by atoms with E-state index in [1.807, 2.05) is 24.9 Å². The van der Waals surface area contributed by atoms with Gasteiger partial charge in [-0.1, -0.05) is 6.07 Å². The minimum atomic E-state index is -0.322. The minimum Gasteiger partial charge on any atom is -0.352 e. The fourth-order valence-corrected chi connectivity index (χ4v) is 3.36. The van der Waals surface area contributed by atoms with Crippen molar-refractivity contribution >= 4 is 11.8 Å². The number of aryl methyl sites for hydroxylation is 1. The summed E-state index contributed by atoms with van der Waals surface area (Å²) in [7, 11) is 3.73. The number of likely N-dealkylation sites (tertiary alicyclic amines) is 2. The summed E-state index contributed by atoms with van der Waals surface area (Å²) >= 11 is 0. The largest absolute Gasteiger partial charge is 0.352 e. The molecule has 0 aromatic carbocycles. The first-order valence-corrected chi connectivity index (χ1v) is 8.28. The van der Waals surface area contributed by atoms with Gasteiger partial charge in [0, 0.05) is 50.9 Å². The van der Waals surface area contributed by atoms with Crippen molar-refractivity contribution in [2.24, 2.45) is 13.0 Å². The topological polar surface area (TPSA) is 74.7 Å². The lowest BCUT2D eigenvalue weighted by atomic mass is 10.1. The molecule has 7 nitrogen and oxygen atoms in total. The molecule has 1 N–H and O–H groups in total. The van der Waals surface area contributed by atoms with Crippen LogP contribution in [0.5, 0.6) is 0 Å². The van der Waals surface area contributed by atoms with Crippen LogP contribution >= 0.6 is 0 Å². The number of amides is 2. The van der Waals surface area contributed by atoms with Crippen molar-refractivity contribution in [3.8, 4) is 0 Å². The van der Waals surface area contributed by atoms with Gasteiger partial charge < -0.3 is 19.7 Å². The number of aromatic nitrogens is 1. The second kappa shape index (κ2) is 6.39. The van der Waals surface area contributed by atoms with Crippen molar-refractivity contribution in [3.05, 3.63) is 33.7 Å². The third-order valence-electron chi connectivity index (χ3n) is 5.10. The van der Waals surface area contributed by atoms with E-state index >= 15 is 0 Å². The molecule has 2 saturated heterocycles. The summed E-state index contributed by atoms with van der Waals surface area (Å²) < 4.78 is 1.56. The maximum atomic E-state index is 12.4. The van der Waals surface area contributed by atoms with Gasteiger partial charge in [-0.05, 0) is 20.0 Å². The SMILES string of the molecule is Cc1ccc(CNC(=O)C2CC(=O)N(C3CN(C)C3)C2)c(=O)n1C. The second-order valence-corrected chi connectivity index (χ2v) is 6.90. The van der Waals surface area contributed by atoms with Crippen molar-refractivity contribution in [3.63, 3.8) is 0 Å². The van der Waals surface area contributed by atoms with Crippen LogP contribution in [0.1, 0.15) is 17.7 Å². The van der Waals surface area contributed by atoms with Crippen molar-refractivity contribution in [2.75, 3.05) is 26.7 Å². The molecule has 1 unspecified atom stereocenters. The third kappa shape index (κ3) is 3.08. The van der Waals surface area contributed by atoms with Crippen LogP contribution in [0, 0.1) is 12.8 Å². The number of pyridine rings is 1. The number of carbonyl (C=O) groups excluding carboxylic acids is 2. The zero-order valence-corrected chi connectivity index (χ0v) is 14.4. The Kier molecular flexibility index (Phi) is 4.45. The average molecular weight is 332 g/mol. The number of carbonyl (C=O) groups is 2. The molecule has 1 aromatic heterocycles. The average Bonchev–Trinajstić information content (AvgIpc) is 2.90. The molecular formula is C17H24N4O3. The van der Waals surface area contributed by atoms with Crippen LogP contribution in [0.3, 0.4) is 0 Å². The summed E-state index contributed by atoms with van der Waals surface area (Å²) in [6.45, 7) is 4.29. The van der Waals surface area contributed by atoms with E-state index in [-0.39, 0.29) is 42.3 Å². The summed E-state index contributed by atoms with van der Waals surface area (Å²) in [5.41, 5.74) is 1.33. The molecule has 0 aliphatic carbocycles. The van der Waals surface area contributed by atoms with Gasteiger partial charge in [-0.15, -0.1) is 0 Å². The summed E-state index contributed by atoms with van der Waals surface area (Å²) in [6.07, 6.45) is 0.262. The van der Waals surface area contributed by atoms with Gasteiger partial charge in [0.1, 0.15) is 0 Å². The monoisotopic (exact) mass is 332 g/mol. The Morgan fingerprint density at radius 2 is 1.92 bits per heavy atom. The molecule has 2 aliphatic heterocycles. The summed E-state index contributed by atoms with van der Waals surface area (Å²) in [6, 6.07) is 3.84. The smallest absolute Gasteiger partial charge is 0.255 e. The van der Waals surface area contributed by atoms with Gasteiger partial charge in [0.15, 0.2) is 0 Å². The molecule has 1 atom stereocenters. The van der Waals surface area contributed by atoms with Crippen LogP contribution in [-0.4, -0.2) is 58.9 Å². The number of nitrogens with one attached hydrogen (secondary N) is 1. The molecule has 0 spiro atoms. The number of nitrogens with zero attached hydrogens (tertiary/aromatic N) is 3. The molecule has 0 saturated carbocycles. The lowest BCUT2D eigenvalue weighted by Crippen LogP contribution is -2.58. The van der Waals surface area contributed by atoms with E-state index in [1.165, 1.54) is 0 Å². The maximum absolute atomic E-state index is 12.4. The number of likely N-dealkylation sites (N-methyl/N-ethyl adjacent to an activating group) is 1. The highest BCUT2D eigenvalue weighted by Crippen LogP contribution is 2.24. The van der Waals surface area contributed by atoms with E-state index in [0.717, 1.165) is 18.8 Å². The second-order valence-electron chi connectivity index (χ2n) is 6.90. The molecule has 2 amide bonds. The van der Waals surface area contributed by atoms with Crippen LogP contribution < -0.4 is 10.9 Å². The Morgan fingerprint density at radius 3 is 2.58 bits per heavy atom. The van der Waals surface area contributed by atoms with E-state index in [1.54, 1.807) is 17.7 Å². The Labute approximate surface area is 141 Å². The molecule has 0 radical (unpaired) electrons. The van der Waals surface area contributed by atoms with Gasteiger partial charge >= 0.3 is 0 Å². The molecule has 3 heterocycles. The van der Waals surface area contributed by atoms with Crippen molar-refractivity contribution < 1.29 is 9.59 Å². The first-order chi connectivity index (χ1) is 11.4. The highest BCUT2D eigenvalue weighted by molar-refractivity contribution is 5.89. The Balaban J connectivity index is 1.57. The zero-order chi connectivity index (χ0) is 17.4. The van der Waals surface area contributed by atoms with Crippen LogP contribution in [0.4, 0.5) is 0 Å². The van der Waals surface area contributed by atoms with E-state index in [0.29, 0.717) is 12.1 Å². The predicted molar refractivity (Wildman–Crippen MR) is 89.4 cm³/mol. The van der Waals surface area contributed by atoms with Gasteiger partial charge in [0.25, 0.3) is 5.56 Å². The van der Waals surface area contributed by atoms with Gasteiger partial charge in [-0.3, -0.25) is 14.4 Å². The minimum absolute atomic E-state index is 0.0551. The van der Waals surface area contributed by atoms with Gasteiger partial charge in [-0.25, -0.2) is 0 Å². The van der Waals surface area contributed by atoms with E-state index in [2.05, 4.69) is 10.2 Å². The normalized spacial score (nSPS) is 21.9. The Hall–Kier alpha value is -2.15. The first-order valence-electron chi connectivity index (χ1n) is 8.28. The highest BCUT2D eigenvalue weighted by Gasteiger charge is 2.41. The fraction of sp³-hybridized carbons (Fsp3) is 0.588. The highest BCUT2D eigenvalue weighted by atomic mass is 16.2. The fourth-order valence-electron chi connectivity index (χ4n) is 3.36. The van der Waals surface area contributed by atoms with Crippen LogP contribution in [0.15, 0.2) is 16.9 Å². The molecule has 7 heteroatoms. The predicted octanol–water partition coefficient (Wildman–Crippen LogP) is -0.528. The third-order valence-corrected chi connectivity index (χ3v) is 5.10. The summed E-state index contributed by atoms with van der Waals surface area (Å²) in [4.78, 5) is 40.6. The number of hydrogen-bond donors (Lipinski definition) is 1. The van der Waals surface area contributed by atoms with Crippen LogP contribution in [0.25, 0.3) is 0 Å². The first kappa shape index (κ1) is 16.7. The van der Waals surface area contributed by atoms with E-state index in [9.17, 15) is 14.4 Å². The van der Waals surface area contributed by atoms with Gasteiger partial charge in [-0.2, -0.15) is 0 Å². The summed E-state index contributed by atoms with van der Waals surface area (Å²) in [5.74, 6) is -0.418. The summed E-state index contributed by atoms with van der Waals surface area (Å²) in [5, 5.41) is 2.81. The van der Waals surface area contributed by atoms with E-state index < -0.39 is 0 Å². The molecule has 24 heavy (non-hydrogen) atoms. The van der Waals surface area contributed by atoms with Crippen molar-refractivity contribution in [1.82, 2.24) is 19.7 Å². The molecule has 2 aliphatic rings. The van der Waals surface area contributed by atoms with Crippen molar-refractivity contribution in [1.29, 1.82) is 0 Å². The van der Waals surface area contributed by atoms with Gasteiger partial charge in [0.2, 0.25) is 11.8 Å². The molecular weight excluding hydrogens is 308 g/mol. The van der Waals surface area contributed by atoms with Crippen LogP contribution in [-0.2, 0) is 23.2 Å².